The van der Waals surface area contributed by atoms with Crippen molar-refractivity contribution in [3.63, 3.8) is 0 Å². The summed E-state index contributed by atoms with van der Waals surface area (Å²) >= 11 is 8.51. The summed E-state index contributed by atoms with van der Waals surface area (Å²) in [5.41, 5.74) is 6.62. The van der Waals surface area contributed by atoms with Crippen LogP contribution >= 0.6 is 43.2 Å². The molecule has 0 aliphatic rings. The minimum Gasteiger partial charge on any atom is -0.396 e. The zero-order valence-electron chi connectivity index (χ0n) is 9.15. The van der Waals surface area contributed by atoms with Crippen molar-refractivity contribution in [2.75, 3.05) is 17.7 Å². The summed E-state index contributed by atoms with van der Waals surface area (Å²) in [6, 6.07) is 3.97. The molecule has 0 aliphatic heterocycles. The third-order valence-corrected chi connectivity index (χ3v) is 4.35. The first-order chi connectivity index (χ1) is 8.06. The molecule has 2 heterocycles. The van der Waals surface area contributed by atoms with E-state index in [0.717, 1.165) is 21.3 Å². The van der Waals surface area contributed by atoms with Crippen molar-refractivity contribution in [2.45, 2.75) is 6.54 Å². The van der Waals surface area contributed by atoms with Gasteiger partial charge in [0.15, 0.2) is 5.82 Å². The summed E-state index contributed by atoms with van der Waals surface area (Å²) in [5.74, 6) is 0.803. The number of nitrogens with zero attached hydrogens (tertiary/aromatic N) is 2. The van der Waals surface area contributed by atoms with E-state index in [4.69, 9.17) is 5.73 Å². The number of nitrogens with two attached hydrogens (primary N) is 1. The zero-order chi connectivity index (χ0) is 12.4. The second-order valence-electron chi connectivity index (χ2n) is 3.65. The molecular weight excluding hydrogens is 366 g/mol. The molecule has 3 nitrogen and oxygen atoms in total. The quantitative estimate of drug-likeness (QED) is 0.883. The topological polar surface area (TPSA) is 42.2 Å². The molecular formula is C11H11Br2N3S. The third-order valence-electron chi connectivity index (χ3n) is 2.24. The third kappa shape index (κ3) is 3.20. The molecule has 0 spiro atoms. The second-order valence-corrected chi connectivity index (χ2v) is 6.48. The van der Waals surface area contributed by atoms with Crippen LogP contribution in [0.4, 0.5) is 11.5 Å². The van der Waals surface area contributed by atoms with Gasteiger partial charge in [-0.15, -0.1) is 11.3 Å². The van der Waals surface area contributed by atoms with Gasteiger partial charge in [-0.25, -0.2) is 4.98 Å². The maximum absolute atomic E-state index is 5.94. The van der Waals surface area contributed by atoms with E-state index in [2.05, 4.69) is 48.3 Å². The van der Waals surface area contributed by atoms with E-state index in [-0.39, 0.29) is 0 Å². The van der Waals surface area contributed by atoms with Gasteiger partial charge in [0.2, 0.25) is 0 Å². The SMILES string of the molecule is CN(Cc1cc(Br)cs1)c1ncc(Br)cc1N. The molecule has 0 saturated heterocycles. The molecule has 0 aromatic carbocycles. The first-order valence-electron chi connectivity index (χ1n) is 4.91. The number of nitrogen functional groups attached to an aromatic ring is 1. The van der Waals surface area contributed by atoms with Gasteiger partial charge in [0.05, 0.1) is 12.2 Å². The Morgan fingerprint density at radius 3 is 2.71 bits per heavy atom. The number of hydrogen-bond donors (Lipinski definition) is 1. The highest BCUT2D eigenvalue weighted by Crippen LogP contribution is 2.26. The van der Waals surface area contributed by atoms with Crippen LogP contribution in [-0.2, 0) is 6.54 Å². The first kappa shape index (κ1) is 12.9. The lowest BCUT2D eigenvalue weighted by Crippen LogP contribution is -2.18. The number of thiophene rings is 1. The van der Waals surface area contributed by atoms with Crippen LogP contribution in [0.15, 0.2) is 32.7 Å². The summed E-state index contributed by atoms with van der Waals surface area (Å²) < 4.78 is 2.01. The summed E-state index contributed by atoms with van der Waals surface area (Å²) in [6.07, 6.45) is 1.76. The number of hydrogen-bond acceptors (Lipinski definition) is 4. The van der Waals surface area contributed by atoms with E-state index in [1.54, 1.807) is 17.5 Å². The van der Waals surface area contributed by atoms with E-state index < -0.39 is 0 Å². The van der Waals surface area contributed by atoms with Crippen LogP contribution in [-0.4, -0.2) is 12.0 Å². The maximum Gasteiger partial charge on any atom is 0.151 e. The Hall–Kier alpha value is -0.590. The minimum atomic E-state index is 0.678. The highest BCUT2D eigenvalue weighted by molar-refractivity contribution is 9.10. The van der Waals surface area contributed by atoms with Crippen molar-refractivity contribution < 1.29 is 0 Å². The average Bonchev–Trinajstić information content (AvgIpc) is 2.63. The highest BCUT2D eigenvalue weighted by Gasteiger charge is 2.09. The molecule has 0 aliphatic carbocycles. The number of halogens is 2. The fourth-order valence-electron chi connectivity index (χ4n) is 1.51. The lowest BCUT2D eigenvalue weighted by atomic mass is 10.3. The van der Waals surface area contributed by atoms with Crippen LogP contribution < -0.4 is 10.6 Å². The Morgan fingerprint density at radius 2 is 2.12 bits per heavy atom. The zero-order valence-corrected chi connectivity index (χ0v) is 13.1. The standard InChI is InChI=1S/C11H11Br2N3S/c1-16(5-9-2-8(13)6-17-9)11-10(14)3-7(12)4-15-11/h2-4,6H,5,14H2,1H3. The normalized spacial score (nSPS) is 10.5. The van der Waals surface area contributed by atoms with Gasteiger partial charge in [-0.1, -0.05) is 0 Å². The summed E-state index contributed by atoms with van der Waals surface area (Å²) in [7, 11) is 1.99. The largest absolute Gasteiger partial charge is 0.396 e. The van der Waals surface area contributed by atoms with E-state index in [0.29, 0.717) is 5.69 Å². The van der Waals surface area contributed by atoms with Gasteiger partial charge in [-0.05, 0) is 44.0 Å². The molecule has 0 amide bonds. The van der Waals surface area contributed by atoms with E-state index in [1.165, 1.54) is 4.88 Å². The van der Waals surface area contributed by atoms with Gasteiger partial charge >= 0.3 is 0 Å². The fourth-order valence-corrected chi connectivity index (χ4v) is 3.36. The van der Waals surface area contributed by atoms with Gasteiger partial charge < -0.3 is 10.6 Å². The fraction of sp³-hybridized carbons (Fsp3) is 0.182. The van der Waals surface area contributed by atoms with E-state index in [9.17, 15) is 0 Å². The Labute approximate surface area is 121 Å². The second kappa shape index (κ2) is 5.37. The summed E-state index contributed by atoms with van der Waals surface area (Å²) in [4.78, 5) is 7.64. The van der Waals surface area contributed by atoms with Crippen LogP contribution in [0, 0.1) is 0 Å². The molecule has 2 rings (SSSR count). The van der Waals surface area contributed by atoms with Gasteiger partial charge in [0.1, 0.15) is 0 Å². The van der Waals surface area contributed by atoms with Crippen molar-refractivity contribution >= 4 is 54.7 Å². The Kier molecular flexibility index (Phi) is 4.06. The molecule has 6 heteroatoms. The van der Waals surface area contributed by atoms with Gasteiger partial charge in [-0.2, -0.15) is 0 Å². The number of pyridine rings is 1. The van der Waals surface area contributed by atoms with Gasteiger partial charge in [-0.3, -0.25) is 0 Å². The molecule has 0 bridgehead atoms. The van der Waals surface area contributed by atoms with Crippen molar-refractivity contribution in [2.24, 2.45) is 0 Å². The van der Waals surface area contributed by atoms with Crippen LogP contribution in [0.2, 0.25) is 0 Å². The number of rotatable bonds is 3. The van der Waals surface area contributed by atoms with Gasteiger partial charge in [0, 0.05) is 32.4 Å². The number of aromatic nitrogens is 1. The lowest BCUT2D eigenvalue weighted by molar-refractivity contribution is 0.914. The molecule has 2 N–H and O–H groups in total. The summed E-state index contributed by atoms with van der Waals surface area (Å²) in [6.45, 7) is 0.801. The monoisotopic (exact) mass is 375 g/mol. The van der Waals surface area contributed by atoms with Crippen LogP contribution in [0.25, 0.3) is 0 Å². The average molecular weight is 377 g/mol. The smallest absolute Gasteiger partial charge is 0.151 e. The minimum absolute atomic E-state index is 0.678. The van der Waals surface area contributed by atoms with E-state index in [1.807, 2.05) is 18.0 Å². The van der Waals surface area contributed by atoms with E-state index >= 15 is 0 Å². The molecule has 17 heavy (non-hydrogen) atoms. The predicted octanol–water partition coefficient (Wildman–Crippen LogP) is 3.89. The van der Waals surface area contributed by atoms with Crippen LogP contribution in [0.1, 0.15) is 4.88 Å². The van der Waals surface area contributed by atoms with Gasteiger partial charge in [0.25, 0.3) is 0 Å². The van der Waals surface area contributed by atoms with Crippen LogP contribution in [0.3, 0.4) is 0 Å². The van der Waals surface area contributed by atoms with Crippen LogP contribution in [0.5, 0.6) is 0 Å². The Morgan fingerprint density at radius 1 is 1.35 bits per heavy atom. The number of anilines is 2. The molecule has 90 valence electrons. The molecule has 0 unspecified atom stereocenters. The molecule has 0 atom stereocenters. The Bertz CT molecular complexity index is 527. The molecule has 0 saturated carbocycles. The summed E-state index contributed by atoms with van der Waals surface area (Å²) in [5, 5.41) is 2.07. The molecule has 2 aromatic rings. The predicted molar refractivity (Wildman–Crippen MR) is 80.5 cm³/mol. The van der Waals surface area contributed by atoms with Crippen molar-refractivity contribution in [1.29, 1.82) is 0 Å². The lowest BCUT2D eigenvalue weighted by Gasteiger charge is -2.18. The van der Waals surface area contributed by atoms with Crippen molar-refractivity contribution in [1.82, 2.24) is 4.98 Å². The maximum atomic E-state index is 5.94. The highest BCUT2D eigenvalue weighted by atomic mass is 79.9. The molecule has 0 fully saturated rings. The van der Waals surface area contributed by atoms with Crippen molar-refractivity contribution in [3.05, 3.63) is 37.5 Å². The molecule has 2 aromatic heterocycles. The molecule has 0 radical (unpaired) electrons. The van der Waals surface area contributed by atoms with Crippen molar-refractivity contribution in [3.8, 4) is 0 Å². The Balaban J connectivity index is 2.17. The first-order valence-corrected chi connectivity index (χ1v) is 7.38.